The smallest absolute Gasteiger partial charge is 0.407 e. The molecule has 0 saturated carbocycles. The van der Waals surface area contributed by atoms with E-state index in [2.05, 4.69) is 23.7 Å². The number of fused-ring (bicyclic) bond motifs is 2. The number of benzene rings is 4. The number of rotatable bonds is 13. The third kappa shape index (κ3) is 8.21. The Morgan fingerprint density at radius 1 is 0.900 bits per heavy atom. The molecule has 1 amide bonds. The van der Waals surface area contributed by atoms with Crippen molar-refractivity contribution >= 4 is 44.5 Å². The lowest BCUT2D eigenvalue weighted by Gasteiger charge is -2.24. The zero-order chi connectivity index (χ0) is 35.8. The van der Waals surface area contributed by atoms with Gasteiger partial charge in [0.05, 0.1) is 17.5 Å². The minimum atomic E-state index is -4.81. The molecule has 12 heteroatoms. The Balaban J connectivity index is 1.54. The van der Waals surface area contributed by atoms with Crippen molar-refractivity contribution in [3.8, 4) is 22.5 Å². The SMILES string of the molecule is C=C(C)C(=O)OCCNC(=O)OCC[N+](CC)=c1ccc2c(-c3ccccc3S(=O)(=O)[O-])c3ccc(N(CC)c4ccccc4)cc3oc-2c1. The predicted molar refractivity (Wildman–Crippen MR) is 191 cm³/mol. The molecule has 0 fully saturated rings. The van der Waals surface area contributed by atoms with E-state index in [1.54, 1.807) is 12.1 Å². The largest absolute Gasteiger partial charge is 0.744 e. The number of carbonyl (C=O) groups is 2. The van der Waals surface area contributed by atoms with Gasteiger partial charge in [0.1, 0.15) is 34.6 Å². The predicted octanol–water partition coefficient (Wildman–Crippen LogP) is 5.90. The Kier molecular flexibility index (Phi) is 11.3. The van der Waals surface area contributed by atoms with E-state index < -0.39 is 22.2 Å². The second-order valence-electron chi connectivity index (χ2n) is 11.4. The van der Waals surface area contributed by atoms with Gasteiger partial charge in [-0.2, -0.15) is 0 Å². The summed E-state index contributed by atoms with van der Waals surface area (Å²) in [5, 5.41) is 3.97. The molecule has 3 aromatic carbocycles. The number of para-hydroxylation sites is 1. The fraction of sp³-hybridized carbons (Fsp3) is 0.237. The Morgan fingerprint density at radius 3 is 2.34 bits per heavy atom. The molecule has 0 radical (unpaired) electrons. The van der Waals surface area contributed by atoms with E-state index in [4.69, 9.17) is 13.9 Å². The van der Waals surface area contributed by atoms with E-state index in [1.165, 1.54) is 19.1 Å². The van der Waals surface area contributed by atoms with Gasteiger partial charge in [0.2, 0.25) is 5.36 Å². The molecule has 0 unspecified atom stereocenters. The van der Waals surface area contributed by atoms with Crippen molar-refractivity contribution in [3.63, 3.8) is 0 Å². The molecule has 0 saturated heterocycles. The molecule has 0 aromatic heterocycles. The molecule has 0 bridgehead atoms. The topological polar surface area (TPSA) is 141 Å². The molecular formula is C38H39N3O8S. The van der Waals surface area contributed by atoms with Crippen LogP contribution in [0.2, 0.25) is 0 Å². The van der Waals surface area contributed by atoms with Crippen LogP contribution in [0.1, 0.15) is 20.8 Å². The minimum absolute atomic E-state index is 0.00537. The van der Waals surface area contributed by atoms with Crippen LogP contribution >= 0.6 is 0 Å². The average molecular weight is 698 g/mol. The van der Waals surface area contributed by atoms with E-state index >= 15 is 0 Å². The second-order valence-corrected chi connectivity index (χ2v) is 12.8. The first-order valence-corrected chi connectivity index (χ1v) is 17.6. The zero-order valence-corrected chi connectivity index (χ0v) is 29.0. The summed E-state index contributed by atoms with van der Waals surface area (Å²) in [5.41, 5.74) is 4.13. The maximum atomic E-state index is 12.4. The Hall–Kier alpha value is -5.46. The van der Waals surface area contributed by atoms with Gasteiger partial charge >= 0.3 is 12.1 Å². The average Bonchev–Trinajstić information content (AvgIpc) is 3.11. The summed E-state index contributed by atoms with van der Waals surface area (Å²) in [4.78, 5) is 25.5. The molecule has 1 heterocycles. The Morgan fingerprint density at radius 2 is 1.64 bits per heavy atom. The summed E-state index contributed by atoms with van der Waals surface area (Å²) in [6.07, 6.45) is -0.642. The lowest BCUT2D eigenvalue weighted by atomic mass is 9.93. The summed E-state index contributed by atoms with van der Waals surface area (Å²) < 4.78 is 56.2. The van der Waals surface area contributed by atoms with Crippen molar-refractivity contribution in [1.29, 1.82) is 0 Å². The number of alkyl carbamates (subject to hydrolysis) is 1. The van der Waals surface area contributed by atoms with E-state index in [-0.39, 0.29) is 35.8 Å². The van der Waals surface area contributed by atoms with Crippen LogP contribution in [-0.4, -0.2) is 64.4 Å². The fourth-order valence-corrected chi connectivity index (χ4v) is 6.41. The number of hydrogen-bond acceptors (Lipinski definition) is 9. The molecule has 0 atom stereocenters. The van der Waals surface area contributed by atoms with E-state index in [1.807, 2.05) is 78.2 Å². The number of hydrogen-bond donors (Lipinski definition) is 1. The van der Waals surface area contributed by atoms with Gasteiger partial charge in [0.25, 0.3) is 0 Å². The molecule has 260 valence electrons. The first-order valence-electron chi connectivity index (χ1n) is 16.2. The van der Waals surface area contributed by atoms with Gasteiger partial charge in [0, 0.05) is 57.7 Å². The highest BCUT2D eigenvalue weighted by atomic mass is 32.2. The zero-order valence-electron chi connectivity index (χ0n) is 28.2. The van der Waals surface area contributed by atoms with Crippen molar-refractivity contribution < 1.29 is 36.5 Å². The van der Waals surface area contributed by atoms with Crippen molar-refractivity contribution in [3.05, 3.63) is 109 Å². The Labute approximate surface area is 291 Å². The van der Waals surface area contributed by atoms with Crippen molar-refractivity contribution in [2.24, 2.45) is 0 Å². The molecular weight excluding hydrogens is 658 g/mol. The maximum absolute atomic E-state index is 12.4. The second kappa shape index (κ2) is 15.8. The number of amides is 1. The van der Waals surface area contributed by atoms with E-state index in [0.717, 1.165) is 16.7 Å². The van der Waals surface area contributed by atoms with Crippen molar-refractivity contribution in [1.82, 2.24) is 9.89 Å². The van der Waals surface area contributed by atoms with Gasteiger partial charge in [-0.25, -0.2) is 22.6 Å². The number of anilines is 2. The van der Waals surface area contributed by atoms with Crippen LogP contribution in [0.3, 0.4) is 0 Å². The van der Waals surface area contributed by atoms with Gasteiger partial charge in [-0.1, -0.05) is 43.0 Å². The number of likely N-dealkylation sites (N-methyl/N-ethyl adjacent to an activating group) is 1. The lowest BCUT2D eigenvalue weighted by Crippen LogP contribution is -2.35. The normalized spacial score (nSPS) is 12.0. The molecule has 1 aliphatic heterocycles. The van der Waals surface area contributed by atoms with Crippen LogP contribution in [0.4, 0.5) is 16.2 Å². The van der Waals surface area contributed by atoms with Crippen LogP contribution in [0.15, 0.2) is 112 Å². The minimum Gasteiger partial charge on any atom is -0.744 e. The number of nitrogens with one attached hydrogen (secondary N) is 1. The number of ether oxygens (including phenoxy) is 2. The summed E-state index contributed by atoms with van der Waals surface area (Å²) in [5.74, 6) is -0.0550. The van der Waals surface area contributed by atoms with Gasteiger partial charge in [-0.05, 0) is 57.2 Å². The molecule has 3 aromatic rings. The van der Waals surface area contributed by atoms with Crippen LogP contribution in [0, 0.1) is 0 Å². The number of carbonyl (C=O) groups excluding carboxylic acids is 2. The van der Waals surface area contributed by atoms with Gasteiger partial charge < -0.3 is 28.7 Å². The standard InChI is InChI=1S/C38H39N3O8S/c1-5-40(21-23-48-38(43)39-20-22-47-37(42)26(3)4)28-16-18-30-33(24-28)49-34-25-29(41(6-2)27-12-8-7-9-13-27)17-19-31(34)36(30)32-14-10-11-15-35(32)50(44,45)46/h7-19,24-25H,3,5-6,20-23H2,1-2,4H3,(H-,39,43,44,45,46). The lowest BCUT2D eigenvalue weighted by molar-refractivity contribution is -0.138. The highest BCUT2D eigenvalue weighted by Crippen LogP contribution is 2.43. The summed E-state index contributed by atoms with van der Waals surface area (Å²) >= 11 is 0. The number of esters is 1. The third-order valence-electron chi connectivity index (χ3n) is 8.10. The van der Waals surface area contributed by atoms with Gasteiger partial charge in [-0.15, -0.1) is 0 Å². The maximum Gasteiger partial charge on any atom is 0.407 e. The van der Waals surface area contributed by atoms with Crippen molar-refractivity contribution in [2.75, 3.05) is 44.3 Å². The quantitative estimate of drug-likeness (QED) is 0.0397. The summed E-state index contributed by atoms with van der Waals surface area (Å²) in [6.45, 7) is 10.9. The van der Waals surface area contributed by atoms with E-state index in [0.29, 0.717) is 47.5 Å². The summed E-state index contributed by atoms with van der Waals surface area (Å²) in [7, 11) is -4.81. The molecule has 1 aliphatic carbocycles. The van der Waals surface area contributed by atoms with Crippen molar-refractivity contribution in [2.45, 2.75) is 25.7 Å². The van der Waals surface area contributed by atoms with Crippen LogP contribution in [-0.2, 0) is 24.4 Å². The van der Waals surface area contributed by atoms with Crippen LogP contribution in [0.5, 0.6) is 0 Å². The number of nitrogens with zero attached hydrogens (tertiary/aromatic N) is 2. The fourth-order valence-electron chi connectivity index (χ4n) is 5.73. The first-order chi connectivity index (χ1) is 24.0. The monoisotopic (exact) mass is 697 g/mol. The van der Waals surface area contributed by atoms with Gasteiger partial charge in [0.15, 0.2) is 13.2 Å². The summed E-state index contributed by atoms with van der Waals surface area (Å²) in [6, 6.07) is 27.5. The third-order valence-corrected chi connectivity index (χ3v) is 9.00. The van der Waals surface area contributed by atoms with E-state index in [9.17, 15) is 22.6 Å². The molecule has 1 N–H and O–H groups in total. The highest BCUT2D eigenvalue weighted by Gasteiger charge is 2.23. The Bertz CT molecular complexity index is 2180. The molecule has 2 aliphatic rings. The molecule has 0 spiro atoms. The first kappa shape index (κ1) is 35.8. The highest BCUT2D eigenvalue weighted by molar-refractivity contribution is 7.85. The van der Waals surface area contributed by atoms with Crippen LogP contribution < -0.4 is 20.1 Å². The molecule has 11 nitrogen and oxygen atoms in total. The van der Waals surface area contributed by atoms with Gasteiger partial charge in [-0.3, -0.25) is 0 Å². The van der Waals surface area contributed by atoms with Crippen LogP contribution in [0.25, 0.3) is 33.4 Å². The molecule has 5 rings (SSSR count). The molecule has 50 heavy (non-hydrogen) atoms.